The van der Waals surface area contributed by atoms with Gasteiger partial charge in [-0.15, -0.1) is 0 Å². The molecule has 0 saturated carbocycles. The average molecular weight is 214 g/mol. The Bertz CT molecular complexity index is 467. The largest absolute Gasteiger partial charge is 0.289 e. The number of hydrogen-bond acceptors (Lipinski definition) is 1. The molecule has 0 unspecified atom stereocenters. The SMILES string of the molecule is Cc1cc(C)c(C(=O)C2=CCCC2)cc1C. The van der Waals surface area contributed by atoms with Crippen molar-refractivity contribution in [1.82, 2.24) is 0 Å². The Kier molecular flexibility index (Phi) is 2.95. The summed E-state index contributed by atoms with van der Waals surface area (Å²) in [5.41, 5.74) is 5.45. The Morgan fingerprint density at radius 1 is 1.06 bits per heavy atom. The molecule has 1 aromatic carbocycles. The summed E-state index contributed by atoms with van der Waals surface area (Å²) in [5.74, 6) is 0.234. The first-order chi connectivity index (χ1) is 7.59. The molecule has 0 atom stereocenters. The molecule has 0 spiro atoms. The molecule has 1 aliphatic carbocycles. The van der Waals surface area contributed by atoms with Crippen LogP contribution in [0.3, 0.4) is 0 Å². The van der Waals surface area contributed by atoms with Crippen LogP contribution in [-0.2, 0) is 0 Å². The minimum atomic E-state index is 0.234. The van der Waals surface area contributed by atoms with Gasteiger partial charge >= 0.3 is 0 Å². The molecule has 0 heterocycles. The van der Waals surface area contributed by atoms with Crippen molar-refractivity contribution in [1.29, 1.82) is 0 Å². The van der Waals surface area contributed by atoms with E-state index in [4.69, 9.17) is 0 Å². The Hall–Kier alpha value is -1.37. The molecule has 0 N–H and O–H groups in total. The maximum atomic E-state index is 12.3. The third-order valence-electron chi connectivity index (χ3n) is 3.42. The van der Waals surface area contributed by atoms with Gasteiger partial charge in [-0.25, -0.2) is 0 Å². The third kappa shape index (κ3) is 1.95. The minimum absolute atomic E-state index is 0.234. The van der Waals surface area contributed by atoms with Crippen molar-refractivity contribution in [3.63, 3.8) is 0 Å². The number of allylic oxidation sites excluding steroid dienone is 2. The Morgan fingerprint density at radius 3 is 2.38 bits per heavy atom. The van der Waals surface area contributed by atoms with Crippen LogP contribution in [0.5, 0.6) is 0 Å². The maximum Gasteiger partial charge on any atom is 0.188 e. The summed E-state index contributed by atoms with van der Waals surface area (Å²) in [5, 5.41) is 0. The second-order valence-corrected chi connectivity index (χ2v) is 4.70. The Morgan fingerprint density at radius 2 is 1.75 bits per heavy atom. The molecule has 0 aromatic heterocycles. The zero-order valence-corrected chi connectivity index (χ0v) is 10.3. The van der Waals surface area contributed by atoms with Crippen LogP contribution in [-0.4, -0.2) is 5.78 Å². The van der Waals surface area contributed by atoms with Crippen LogP contribution in [0.4, 0.5) is 0 Å². The van der Waals surface area contributed by atoms with E-state index in [1.165, 1.54) is 11.1 Å². The number of rotatable bonds is 2. The van der Waals surface area contributed by atoms with Crippen LogP contribution < -0.4 is 0 Å². The van der Waals surface area contributed by atoms with E-state index >= 15 is 0 Å². The standard InChI is InChI=1S/C15H18O/c1-10-8-12(3)14(9-11(10)2)15(16)13-6-4-5-7-13/h6,8-9H,4-5,7H2,1-3H3. The summed E-state index contributed by atoms with van der Waals surface area (Å²) >= 11 is 0. The topological polar surface area (TPSA) is 17.1 Å². The van der Waals surface area contributed by atoms with Gasteiger partial charge in [-0.1, -0.05) is 12.1 Å². The second kappa shape index (κ2) is 4.25. The van der Waals surface area contributed by atoms with Crippen molar-refractivity contribution < 1.29 is 4.79 Å². The van der Waals surface area contributed by atoms with Crippen LogP contribution in [0, 0.1) is 20.8 Å². The molecule has 0 radical (unpaired) electrons. The smallest absolute Gasteiger partial charge is 0.188 e. The minimum Gasteiger partial charge on any atom is -0.289 e. The number of ketones is 1. The fourth-order valence-electron chi connectivity index (χ4n) is 2.26. The first kappa shape index (κ1) is 11.1. The van der Waals surface area contributed by atoms with Crippen LogP contribution in [0.2, 0.25) is 0 Å². The summed E-state index contributed by atoms with van der Waals surface area (Å²) in [4.78, 5) is 12.3. The molecule has 0 amide bonds. The zero-order valence-electron chi connectivity index (χ0n) is 10.3. The van der Waals surface area contributed by atoms with Gasteiger partial charge in [0.2, 0.25) is 0 Å². The zero-order chi connectivity index (χ0) is 11.7. The number of aryl methyl sites for hydroxylation is 3. The van der Waals surface area contributed by atoms with Crippen molar-refractivity contribution in [2.45, 2.75) is 40.0 Å². The highest BCUT2D eigenvalue weighted by atomic mass is 16.1. The number of benzene rings is 1. The molecule has 0 bridgehead atoms. The van der Waals surface area contributed by atoms with Gasteiger partial charge in [-0.3, -0.25) is 4.79 Å². The summed E-state index contributed by atoms with van der Waals surface area (Å²) in [6.45, 7) is 6.18. The lowest BCUT2D eigenvalue weighted by molar-refractivity contribution is 0.103. The molecule has 1 aromatic rings. The predicted molar refractivity (Wildman–Crippen MR) is 66.9 cm³/mol. The van der Waals surface area contributed by atoms with Gasteiger partial charge in [0.1, 0.15) is 0 Å². The highest BCUT2D eigenvalue weighted by Crippen LogP contribution is 2.24. The molecule has 0 fully saturated rings. The highest BCUT2D eigenvalue weighted by Gasteiger charge is 2.17. The number of carbonyl (C=O) groups excluding carboxylic acids is 1. The summed E-state index contributed by atoms with van der Waals surface area (Å²) in [7, 11) is 0. The van der Waals surface area contributed by atoms with E-state index in [0.717, 1.165) is 36.0 Å². The van der Waals surface area contributed by atoms with Crippen molar-refractivity contribution in [2.24, 2.45) is 0 Å². The maximum absolute atomic E-state index is 12.3. The molecule has 16 heavy (non-hydrogen) atoms. The summed E-state index contributed by atoms with van der Waals surface area (Å²) in [6, 6.07) is 4.14. The third-order valence-corrected chi connectivity index (χ3v) is 3.42. The average Bonchev–Trinajstić information content (AvgIpc) is 2.75. The molecular weight excluding hydrogens is 196 g/mol. The van der Waals surface area contributed by atoms with E-state index in [2.05, 4.69) is 26.0 Å². The fraction of sp³-hybridized carbons (Fsp3) is 0.400. The van der Waals surface area contributed by atoms with E-state index in [0.29, 0.717) is 0 Å². The van der Waals surface area contributed by atoms with Gasteiger partial charge in [0, 0.05) is 5.56 Å². The van der Waals surface area contributed by atoms with Crippen molar-refractivity contribution in [3.8, 4) is 0 Å². The number of Topliss-reactive ketones (excluding diaryl/α,β-unsaturated/α-hetero) is 1. The first-order valence-electron chi connectivity index (χ1n) is 5.91. The fourth-order valence-corrected chi connectivity index (χ4v) is 2.26. The van der Waals surface area contributed by atoms with Gasteiger partial charge in [-0.05, 0) is 68.4 Å². The van der Waals surface area contributed by atoms with Gasteiger partial charge in [0.25, 0.3) is 0 Å². The molecule has 1 heteroatoms. The predicted octanol–water partition coefficient (Wildman–Crippen LogP) is 3.90. The number of hydrogen-bond donors (Lipinski definition) is 0. The van der Waals surface area contributed by atoms with Crippen molar-refractivity contribution >= 4 is 5.78 Å². The van der Waals surface area contributed by atoms with Gasteiger partial charge < -0.3 is 0 Å². The van der Waals surface area contributed by atoms with Crippen LogP contribution >= 0.6 is 0 Å². The summed E-state index contributed by atoms with van der Waals surface area (Å²) in [6.07, 6.45) is 5.23. The van der Waals surface area contributed by atoms with E-state index in [-0.39, 0.29) is 5.78 Å². The lowest BCUT2D eigenvalue weighted by atomic mass is 9.94. The van der Waals surface area contributed by atoms with E-state index < -0.39 is 0 Å². The monoisotopic (exact) mass is 214 g/mol. The van der Waals surface area contributed by atoms with E-state index in [1.807, 2.05) is 13.0 Å². The van der Waals surface area contributed by atoms with Gasteiger partial charge in [0.05, 0.1) is 0 Å². The van der Waals surface area contributed by atoms with Crippen LogP contribution in [0.1, 0.15) is 46.3 Å². The van der Waals surface area contributed by atoms with Gasteiger partial charge in [-0.2, -0.15) is 0 Å². The number of carbonyl (C=O) groups is 1. The van der Waals surface area contributed by atoms with Crippen molar-refractivity contribution in [3.05, 3.63) is 46.0 Å². The van der Waals surface area contributed by atoms with E-state index in [1.54, 1.807) is 0 Å². The van der Waals surface area contributed by atoms with Crippen LogP contribution in [0.15, 0.2) is 23.8 Å². The Balaban J connectivity index is 2.40. The first-order valence-corrected chi connectivity index (χ1v) is 5.91. The molecule has 0 saturated heterocycles. The molecule has 1 nitrogen and oxygen atoms in total. The van der Waals surface area contributed by atoms with Crippen LogP contribution in [0.25, 0.3) is 0 Å². The van der Waals surface area contributed by atoms with Gasteiger partial charge in [0.15, 0.2) is 5.78 Å². The highest BCUT2D eigenvalue weighted by molar-refractivity contribution is 6.10. The molecule has 1 aliphatic rings. The molecule has 0 aliphatic heterocycles. The molecule has 2 rings (SSSR count). The Labute approximate surface area is 97.2 Å². The normalized spacial score (nSPS) is 15.1. The quantitative estimate of drug-likeness (QED) is 0.682. The lowest BCUT2D eigenvalue weighted by Gasteiger charge is -2.09. The molecule has 84 valence electrons. The lowest BCUT2D eigenvalue weighted by Crippen LogP contribution is -2.05. The van der Waals surface area contributed by atoms with Crippen molar-refractivity contribution in [2.75, 3.05) is 0 Å². The van der Waals surface area contributed by atoms with E-state index in [9.17, 15) is 4.79 Å². The summed E-state index contributed by atoms with van der Waals surface area (Å²) < 4.78 is 0. The molecular formula is C15H18O. The second-order valence-electron chi connectivity index (χ2n) is 4.70.